The molecule has 2 aromatic rings. The Labute approximate surface area is 161 Å². The third kappa shape index (κ3) is 3.54. The zero-order valence-electron chi connectivity index (χ0n) is 14.5. The van der Waals surface area contributed by atoms with Gasteiger partial charge in [0, 0.05) is 42.1 Å². The molecular weight excluding hydrogens is 392 g/mol. The molecule has 134 valence electrons. The first kappa shape index (κ1) is 17.3. The van der Waals surface area contributed by atoms with E-state index in [9.17, 15) is 9.59 Å². The number of halogens is 1. The van der Waals surface area contributed by atoms with Gasteiger partial charge in [-0.3, -0.25) is 9.59 Å². The quantitative estimate of drug-likeness (QED) is 0.773. The molecular formula is C21H21BrN2O2. The summed E-state index contributed by atoms with van der Waals surface area (Å²) in [5, 5.41) is 0. The van der Waals surface area contributed by atoms with Crippen LogP contribution in [-0.2, 0) is 4.79 Å². The van der Waals surface area contributed by atoms with Crippen LogP contribution in [0.25, 0.3) is 0 Å². The van der Waals surface area contributed by atoms with Crippen LogP contribution in [0.3, 0.4) is 0 Å². The van der Waals surface area contributed by atoms with Crippen molar-refractivity contribution in [2.24, 2.45) is 5.92 Å². The molecule has 1 saturated carbocycles. The van der Waals surface area contributed by atoms with E-state index in [4.69, 9.17) is 0 Å². The van der Waals surface area contributed by atoms with Crippen molar-refractivity contribution in [2.45, 2.75) is 12.3 Å². The van der Waals surface area contributed by atoms with Gasteiger partial charge in [-0.05, 0) is 42.2 Å². The summed E-state index contributed by atoms with van der Waals surface area (Å²) in [6.07, 6.45) is 0.945. The van der Waals surface area contributed by atoms with Crippen molar-refractivity contribution in [3.63, 3.8) is 0 Å². The maximum absolute atomic E-state index is 12.7. The zero-order valence-corrected chi connectivity index (χ0v) is 16.1. The maximum atomic E-state index is 12.7. The molecule has 1 heterocycles. The van der Waals surface area contributed by atoms with Crippen LogP contribution in [0.15, 0.2) is 59.1 Å². The Kier molecular flexibility index (Phi) is 4.81. The summed E-state index contributed by atoms with van der Waals surface area (Å²) >= 11 is 3.39. The second-order valence-corrected chi connectivity index (χ2v) is 7.90. The first-order chi connectivity index (χ1) is 12.6. The van der Waals surface area contributed by atoms with Crippen molar-refractivity contribution in [1.82, 2.24) is 9.80 Å². The van der Waals surface area contributed by atoms with E-state index < -0.39 is 0 Å². The molecule has 4 nitrogen and oxygen atoms in total. The van der Waals surface area contributed by atoms with Gasteiger partial charge in [0.25, 0.3) is 5.91 Å². The van der Waals surface area contributed by atoms with E-state index in [1.165, 1.54) is 5.56 Å². The van der Waals surface area contributed by atoms with Crippen LogP contribution in [0.1, 0.15) is 28.3 Å². The fourth-order valence-electron chi connectivity index (χ4n) is 3.68. The van der Waals surface area contributed by atoms with Gasteiger partial charge in [0.15, 0.2) is 0 Å². The third-order valence-corrected chi connectivity index (χ3v) is 5.83. The SMILES string of the molecule is O=C(c1ccc(Br)cc1)N1CCN(C(=O)C2CC2c2ccccc2)CC1. The number of hydrogen-bond acceptors (Lipinski definition) is 2. The highest BCUT2D eigenvalue weighted by molar-refractivity contribution is 9.10. The van der Waals surface area contributed by atoms with Crippen LogP contribution in [0.5, 0.6) is 0 Å². The monoisotopic (exact) mass is 412 g/mol. The Morgan fingerprint density at radius 2 is 1.46 bits per heavy atom. The van der Waals surface area contributed by atoms with Gasteiger partial charge in [0.2, 0.25) is 5.91 Å². The van der Waals surface area contributed by atoms with Gasteiger partial charge in [-0.2, -0.15) is 0 Å². The largest absolute Gasteiger partial charge is 0.339 e. The van der Waals surface area contributed by atoms with Gasteiger partial charge in [-0.15, -0.1) is 0 Å². The van der Waals surface area contributed by atoms with E-state index in [2.05, 4.69) is 28.1 Å². The van der Waals surface area contributed by atoms with Crippen LogP contribution in [-0.4, -0.2) is 47.8 Å². The highest BCUT2D eigenvalue weighted by Crippen LogP contribution is 2.48. The van der Waals surface area contributed by atoms with Crippen LogP contribution in [0, 0.1) is 5.92 Å². The molecule has 2 fully saturated rings. The van der Waals surface area contributed by atoms with Gasteiger partial charge in [-0.25, -0.2) is 0 Å². The molecule has 0 spiro atoms. The minimum Gasteiger partial charge on any atom is -0.339 e. The normalized spacial score (nSPS) is 22.2. The summed E-state index contributed by atoms with van der Waals surface area (Å²) in [7, 11) is 0. The van der Waals surface area contributed by atoms with Crippen molar-refractivity contribution in [3.8, 4) is 0 Å². The molecule has 2 unspecified atom stereocenters. The van der Waals surface area contributed by atoms with E-state index in [1.807, 2.05) is 52.3 Å². The number of rotatable bonds is 3. The number of amides is 2. The lowest BCUT2D eigenvalue weighted by Crippen LogP contribution is -2.51. The molecule has 0 N–H and O–H groups in total. The first-order valence-electron chi connectivity index (χ1n) is 9.02. The molecule has 1 saturated heterocycles. The van der Waals surface area contributed by atoms with Gasteiger partial charge in [0.1, 0.15) is 0 Å². The summed E-state index contributed by atoms with van der Waals surface area (Å²) in [5.74, 6) is 0.769. The third-order valence-electron chi connectivity index (χ3n) is 5.31. The Bertz CT molecular complexity index is 799. The second-order valence-electron chi connectivity index (χ2n) is 6.98. The second kappa shape index (κ2) is 7.23. The number of nitrogens with zero attached hydrogens (tertiary/aromatic N) is 2. The molecule has 2 amide bonds. The minimum absolute atomic E-state index is 0.0400. The van der Waals surface area contributed by atoms with E-state index in [1.54, 1.807) is 0 Å². The van der Waals surface area contributed by atoms with Crippen molar-refractivity contribution in [2.75, 3.05) is 26.2 Å². The van der Waals surface area contributed by atoms with Crippen LogP contribution < -0.4 is 0 Å². The fraction of sp³-hybridized carbons (Fsp3) is 0.333. The molecule has 0 radical (unpaired) electrons. The van der Waals surface area contributed by atoms with Crippen molar-refractivity contribution in [3.05, 3.63) is 70.2 Å². The van der Waals surface area contributed by atoms with Gasteiger partial charge in [0.05, 0.1) is 0 Å². The number of carbonyl (C=O) groups excluding carboxylic acids is 2. The average Bonchev–Trinajstić information content (AvgIpc) is 3.49. The molecule has 0 aromatic heterocycles. The van der Waals surface area contributed by atoms with E-state index >= 15 is 0 Å². The molecule has 2 atom stereocenters. The number of carbonyl (C=O) groups is 2. The van der Waals surface area contributed by atoms with E-state index in [0.717, 1.165) is 10.9 Å². The highest BCUT2D eigenvalue weighted by Gasteiger charge is 2.46. The molecule has 2 aromatic carbocycles. The van der Waals surface area contributed by atoms with Crippen molar-refractivity contribution < 1.29 is 9.59 Å². The average molecular weight is 413 g/mol. The van der Waals surface area contributed by atoms with Crippen LogP contribution in [0.4, 0.5) is 0 Å². The standard InChI is InChI=1S/C21H21BrN2O2/c22-17-8-6-16(7-9-17)20(25)23-10-12-24(13-11-23)21(26)19-14-18(19)15-4-2-1-3-5-15/h1-9,18-19H,10-14H2. The predicted octanol–water partition coefficient (Wildman–Crippen LogP) is 3.54. The molecule has 4 rings (SSSR count). The summed E-state index contributed by atoms with van der Waals surface area (Å²) in [4.78, 5) is 29.1. The first-order valence-corrected chi connectivity index (χ1v) is 9.81. The fourth-order valence-corrected chi connectivity index (χ4v) is 3.94. The number of hydrogen-bond donors (Lipinski definition) is 0. The summed E-state index contributed by atoms with van der Waals surface area (Å²) in [5.41, 5.74) is 1.95. The Morgan fingerprint density at radius 1 is 0.846 bits per heavy atom. The van der Waals surface area contributed by atoms with Gasteiger partial charge in [-0.1, -0.05) is 46.3 Å². The molecule has 2 aliphatic rings. The highest BCUT2D eigenvalue weighted by atomic mass is 79.9. The topological polar surface area (TPSA) is 40.6 Å². The van der Waals surface area contributed by atoms with Gasteiger partial charge < -0.3 is 9.80 Å². The minimum atomic E-state index is 0.0400. The smallest absolute Gasteiger partial charge is 0.253 e. The summed E-state index contributed by atoms with van der Waals surface area (Å²) < 4.78 is 0.960. The van der Waals surface area contributed by atoms with Gasteiger partial charge >= 0.3 is 0 Å². The predicted molar refractivity (Wildman–Crippen MR) is 104 cm³/mol. The maximum Gasteiger partial charge on any atom is 0.253 e. The van der Waals surface area contributed by atoms with Crippen molar-refractivity contribution in [1.29, 1.82) is 0 Å². The zero-order chi connectivity index (χ0) is 18.1. The molecule has 1 aliphatic carbocycles. The van der Waals surface area contributed by atoms with Crippen LogP contribution in [0.2, 0.25) is 0 Å². The molecule has 0 bridgehead atoms. The molecule has 1 aliphatic heterocycles. The van der Waals surface area contributed by atoms with Crippen LogP contribution >= 0.6 is 15.9 Å². The summed E-state index contributed by atoms with van der Waals surface area (Å²) in [6, 6.07) is 17.7. The van der Waals surface area contributed by atoms with E-state index in [0.29, 0.717) is 37.7 Å². The lowest BCUT2D eigenvalue weighted by Gasteiger charge is -2.35. The Hall–Kier alpha value is -2.14. The summed E-state index contributed by atoms with van der Waals surface area (Å²) in [6.45, 7) is 2.45. The number of piperazine rings is 1. The molecule has 26 heavy (non-hydrogen) atoms. The Morgan fingerprint density at radius 3 is 2.12 bits per heavy atom. The number of benzene rings is 2. The lowest BCUT2D eigenvalue weighted by molar-refractivity contribution is -0.134. The Balaban J connectivity index is 1.32. The molecule has 5 heteroatoms. The lowest BCUT2D eigenvalue weighted by atomic mass is 10.1. The van der Waals surface area contributed by atoms with Crippen molar-refractivity contribution >= 4 is 27.7 Å². The van der Waals surface area contributed by atoms with E-state index in [-0.39, 0.29) is 17.7 Å².